The zero-order valence-electron chi connectivity index (χ0n) is 12.2. The van der Waals surface area contributed by atoms with Crippen LogP contribution in [0.1, 0.15) is 56.4 Å². The molecule has 5 heteroatoms. The van der Waals surface area contributed by atoms with Crippen LogP contribution < -0.4 is 10.2 Å². The molecular formula is C16H21N3O2. The van der Waals surface area contributed by atoms with Crippen LogP contribution >= 0.6 is 0 Å². The van der Waals surface area contributed by atoms with Gasteiger partial charge in [-0.25, -0.2) is 14.7 Å². The van der Waals surface area contributed by atoms with Crippen LogP contribution in [0.5, 0.6) is 0 Å². The van der Waals surface area contributed by atoms with Gasteiger partial charge >= 0.3 is 6.03 Å². The number of pyridine rings is 1. The van der Waals surface area contributed by atoms with Gasteiger partial charge in [0.05, 0.1) is 6.54 Å². The van der Waals surface area contributed by atoms with Gasteiger partial charge in [0, 0.05) is 6.20 Å². The summed E-state index contributed by atoms with van der Waals surface area (Å²) in [6, 6.07) is 3.43. The minimum atomic E-state index is -0.383. The van der Waals surface area contributed by atoms with Crippen molar-refractivity contribution in [3.63, 3.8) is 0 Å². The zero-order valence-corrected chi connectivity index (χ0v) is 12.2. The van der Waals surface area contributed by atoms with Gasteiger partial charge in [0.15, 0.2) is 0 Å². The number of nitrogens with zero attached hydrogens (tertiary/aromatic N) is 2. The molecule has 0 bridgehead atoms. The summed E-state index contributed by atoms with van der Waals surface area (Å²) in [7, 11) is 0. The predicted octanol–water partition coefficient (Wildman–Crippen LogP) is 2.97. The molecule has 1 aliphatic heterocycles. The van der Waals surface area contributed by atoms with E-state index in [0.29, 0.717) is 11.7 Å². The summed E-state index contributed by atoms with van der Waals surface area (Å²) in [5.74, 6) is 0.741. The predicted molar refractivity (Wildman–Crippen MR) is 80.2 cm³/mol. The Labute approximate surface area is 124 Å². The molecule has 0 radical (unpaired) electrons. The van der Waals surface area contributed by atoms with E-state index in [1.165, 1.54) is 50.5 Å². The Morgan fingerprint density at radius 3 is 2.33 bits per heavy atom. The number of rotatable bonds is 2. The number of anilines is 1. The van der Waals surface area contributed by atoms with E-state index in [-0.39, 0.29) is 18.5 Å². The summed E-state index contributed by atoms with van der Waals surface area (Å²) in [4.78, 5) is 28.7. The summed E-state index contributed by atoms with van der Waals surface area (Å²) < 4.78 is 0. The lowest BCUT2D eigenvalue weighted by Gasteiger charge is -2.20. The van der Waals surface area contributed by atoms with E-state index in [2.05, 4.69) is 10.3 Å². The van der Waals surface area contributed by atoms with Crippen LogP contribution in [0.25, 0.3) is 0 Å². The molecule has 1 aromatic heterocycles. The van der Waals surface area contributed by atoms with E-state index in [4.69, 9.17) is 0 Å². The van der Waals surface area contributed by atoms with Gasteiger partial charge in [-0.15, -0.1) is 0 Å². The molecule has 5 nitrogen and oxygen atoms in total. The molecule has 0 aromatic carbocycles. The minimum Gasteiger partial charge on any atom is -0.328 e. The maximum absolute atomic E-state index is 11.7. The van der Waals surface area contributed by atoms with Crippen LogP contribution in [0.3, 0.4) is 0 Å². The highest BCUT2D eigenvalue weighted by Crippen LogP contribution is 2.31. The van der Waals surface area contributed by atoms with E-state index < -0.39 is 0 Å². The van der Waals surface area contributed by atoms with E-state index in [9.17, 15) is 9.59 Å². The first-order valence-corrected chi connectivity index (χ1v) is 7.82. The van der Waals surface area contributed by atoms with Crippen molar-refractivity contribution >= 4 is 17.8 Å². The van der Waals surface area contributed by atoms with Gasteiger partial charge in [-0.3, -0.25) is 4.79 Å². The number of urea groups is 1. The number of carbonyl (C=O) groups is 2. The maximum atomic E-state index is 11.7. The SMILES string of the molecule is O=C1CNC(=O)N1c1ccc(C2CCCCCCC2)cn1. The highest BCUT2D eigenvalue weighted by molar-refractivity contribution is 6.19. The molecule has 1 saturated carbocycles. The summed E-state index contributed by atoms with van der Waals surface area (Å²) in [5, 5.41) is 2.51. The first-order chi connectivity index (χ1) is 10.3. The molecule has 3 amide bonds. The van der Waals surface area contributed by atoms with Crippen LogP contribution in [-0.4, -0.2) is 23.5 Å². The van der Waals surface area contributed by atoms with Crippen molar-refractivity contribution in [1.82, 2.24) is 10.3 Å². The van der Waals surface area contributed by atoms with Crippen LogP contribution in [0, 0.1) is 0 Å². The molecule has 3 rings (SSSR count). The van der Waals surface area contributed by atoms with Gasteiger partial charge in [-0.1, -0.05) is 38.2 Å². The fourth-order valence-electron chi connectivity index (χ4n) is 3.22. The summed E-state index contributed by atoms with van der Waals surface area (Å²) >= 11 is 0. The molecule has 0 spiro atoms. The highest BCUT2D eigenvalue weighted by atomic mass is 16.2. The molecule has 0 unspecified atom stereocenters. The third-order valence-corrected chi connectivity index (χ3v) is 4.42. The van der Waals surface area contributed by atoms with E-state index >= 15 is 0 Å². The molecule has 1 aromatic rings. The smallest absolute Gasteiger partial charge is 0.328 e. The molecule has 1 aliphatic carbocycles. The lowest BCUT2D eigenvalue weighted by molar-refractivity contribution is -0.115. The number of aromatic nitrogens is 1. The number of nitrogens with one attached hydrogen (secondary N) is 1. The fourth-order valence-corrected chi connectivity index (χ4v) is 3.22. The Morgan fingerprint density at radius 1 is 1.05 bits per heavy atom. The number of hydrogen-bond acceptors (Lipinski definition) is 3. The lowest BCUT2D eigenvalue weighted by Crippen LogP contribution is -2.31. The second-order valence-corrected chi connectivity index (χ2v) is 5.88. The molecule has 112 valence electrons. The summed E-state index contributed by atoms with van der Waals surface area (Å²) in [6.07, 6.45) is 10.8. The van der Waals surface area contributed by atoms with Crippen molar-refractivity contribution in [1.29, 1.82) is 0 Å². The Morgan fingerprint density at radius 2 is 1.76 bits per heavy atom. The zero-order chi connectivity index (χ0) is 14.7. The second-order valence-electron chi connectivity index (χ2n) is 5.88. The molecule has 0 atom stereocenters. The first kappa shape index (κ1) is 14.0. The quantitative estimate of drug-likeness (QED) is 0.851. The molecular weight excluding hydrogens is 266 g/mol. The third-order valence-electron chi connectivity index (χ3n) is 4.42. The van der Waals surface area contributed by atoms with Gasteiger partial charge in [0.25, 0.3) is 5.91 Å². The van der Waals surface area contributed by atoms with Gasteiger partial charge in [0.2, 0.25) is 0 Å². The first-order valence-electron chi connectivity index (χ1n) is 7.82. The molecule has 1 N–H and O–H groups in total. The van der Waals surface area contributed by atoms with Crippen molar-refractivity contribution in [3.05, 3.63) is 23.9 Å². The van der Waals surface area contributed by atoms with E-state index in [1.807, 2.05) is 12.3 Å². The van der Waals surface area contributed by atoms with Crippen LogP contribution in [-0.2, 0) is 4.79 Å². The van der Waals surface area contributed by atoms with Crippen molar-refractivity contribution in [2.24, 2.45) is 0 Å². The summed E-state index contributed by atoms with van der Waals surface area (Å²) in [5.41, 5.74) is 1.23. The van der Waals surface area contributed by atoms with Crippen LogP contribution in [0.15, 0.2) is 18.3 Å². The number of carbonyl (C=O) groups excluding carboxylic acids is 2. The van der Waals surface area contributed by atoms with Crippen molar-refractivity contribution in [3.8, 4) is 0 Å². The molecule has 21 heavy (non-hydrogen) atoms. The minimum absolute atomic E-state index is 0.0604. The van der Waals surface area contributed by atoms with E-state index in [0.717, 1.165) is 4.90 Å². The molecule has 2 fully saturated rings. The average molecular weight is 287 g/mol. The van der Waals surface area contributed by atoms with Gasteiger partial charge in [-0.2, -0.15) is 0 Å². The fraction of sp³-hybridized carbons (Fsp3) is 0.562. The Hall–Kier alpha value is -1.91. The van der Waals surface area contributed by atoms with Crippen molar-refractivity contribution in [2.75, 3.05) is 11.4 Å². The second kappa shape index (κ2) is 6.24. The number of amides is 3. The molecule has 2 heterocycles. The number of hydrogen-bond donors (Lipinski definition) is 1. The van der Waals surface area contributed by atoms with Crippen molar-refractivity contribution < 1.29 is 9.59 Å². The standard InChI is InChI=1S/C16H21N3O2/c20-15-11-18-16(21)19(15)14-9-8-13(10-17-14)12-6-4-2-1-3-5-7-12/h8-10,12H,1-7,11H2,(H,18,21). The van der Waals surface area contributed by atoms with E-state index in [1.54, 1.807) is 6.07 Å². The topological polar surface area (TPSA) is 62.3 Å². The van der Waals surface area contributed by atoms with Crippen LogP contribution in [0.2, 0.25) is 0 Å². The van der Waals surface area contributed by atoms with Gasteiger partial charge in [-0.05, 0) is 30.4 Å². The Bertz CT molecular complexity index is 503. The Kier molecular flexibility index (Phi) is 4.18. The monoisotopic (exact) mass is 287 g/mol. The largest absolute Gasteiger partial charge is 0.330 e. The third kappa shape index (κ3) is 3.06. The normalized spacial score (nSPS) is 21.0. The van der Waals surface area contributed by atoms with Gasteiger partial charge < -0.3 is 5.32 Å². The average Bonchev–Trinajstić information content (AvgIpc) is 2.78. The Balaban J connectivity index is 1.74. The molecule has 2 aliphatic rings. The molecule has 1 saturated heterocycles. The summed E-state index contributed by atoms with van der Waals surface area (Å²) in [6.45, 7) is 0.0604. The highest BCUT2D eigenvalue weighted by Gasteiger charge is 2.31. The lowest BCUT2D eigenvalue weighted by atomic mass is 9.87. The number of imide groups is 1. The van der Waals surface area contributed by atoms with Crippen molar-refractivity contribution in [2.45, 2.75) is 50.9 Å². The van der Waals surface area contributed by atoms with Gasteiger partial charge in [0.1, 0.15) is 5.82 Å². The van der Waals surface area contributed by atoms with Crippen LogP contribution in [0.4, 0.5) is 10.6 Å². The maximum Gasteiger partial charge on any atom is 0.330 e.